The van der Waals surface area contributed by atoms with Crippen molar-refractivity contribution in [2.75, 3.05) is 0 Å². The molecule has 10 aromatic rings. The van der Waals surface area contributed by atoms with Gasteiger partial charge in [0.25, 0.3) is 0 Å². The minimum Gasteiger partial charge on any atom is -0.461 e. The molecular weight excluding hydrogens is 620 g/mol. The van der Waals surface area contributed by atoms with Crippen molar-refractivity contribution >= 4 is 54.8 Å². The number of aryl methyl sites for hydroxylation is 5. The Morgan fingerprint density at radius 1 is 0.300 bits per heavy atom. The average molecular weight is 653 g/mol. The summed E-state index contributed by atoms with van der Waals surface area (Å²) in [6, 6.07) is 36.1. The Bertz CT molecular complexity index is 2790. The molecular formula is C45H32O5. The van der Waals surface area contributed by atoms with E-state index in [0.29, 0.717) is 0 Å². The highest BCUT2D eigenvalue weighted by Gasteiger charge is 2.23. The third-order valence-electron chi connectivity index (χ3n) is 9.93. The highest BCUT2D eigenvalue weighted by molar-refractivity contribution is 6.14. The summed E-state index contributed by atoms with van der Waals surface area (Å²) in [5.74, 6) is 4.32. The smallest absolute Gasteiger partial charge is 0.142 e. The molecule has 5 aromatic carbocycles. The molecule has 0 N–H and O–H groups in total. The Morgan fingerprint density at radius 2 is 0.660 bits per heavy atom. The van der Waals surface area contributed by atoms with Gasteiger partial charge in [0.15, 0.2) is 0 Å². The molecule has 0 aliphatic rings. The Balaban J connectivity index is 1.16. The molecule has 242 valence electrons. The summed E-state index contributed by atoms with van der Waals surface area (Å²) in [5.41, 5.74) is 12.6. The normalized spacial score (nSPS) is 12.1. The van der Waals surface area contributed by atoms with Gasteiger partial charge in [-0.1, -0.05) is 48.5 Å². The van der Waals surface area contributed by atoms with Gasteiger partial charge in [0.2, 0.25) is 0 Å². The van der Waals surface area contributed by atoms with Crippen LogP contribution in [-0.4, -0.2) is 0 Å². The largest absolute Gasteiger partial charge is 0.461 e. The van der Waals surface area contributed by atoms with Crippen LogP contribution in [0, 0.1) is 34.6 Å². The molecule has 0 saturated carbocycles. The molecule has 5 heteroatoms. The lowest BCUT2D eigenvalue weighted by molar-refractivity contribution is 0.578. The number of rotatable bonds is 4. The van der Waals surface area contributed by atoms with Crippen LogP contribution >= 0.6 is 0 Å². The monoisotopic (exact) mass is 652 g/mol. The lowest BCUT2D eigenvalue weighted by atomic mass is 9.91. The predicted octanol–water partition coefficient (Wildman–Crippen LogP) is 13.6. The molecule has 0 saturated heterocycles. The van der Waals surface area contributed by atoms with E-state index in [1.54, 1.807) is 0 Å². The van der Waals surface area contributed by atoms with Crippen LogP contribution in [0.1, 0.15) is 28.8 Å². The predicted molar refractivity (Wildman–Crippen MR) is 201 cm³/mol. The first-order valence-corrected chi connectivity index (χ1v) is 16.9. The Hall–Kier alpha value is -6.20. The molecule has 0 aliphatic carbocycles. The minimum absolute atomic E-state index is 0.830. The van der Waals surface area contributed by atoms with Gasteiger partial charge in [0, 0.05) is 49.2 Å². The fourth-order valence-electron chi connectivity index (χ4n) is 7.91. The highest BCUT2D eigenvalue weighted by Crippen LogP contribution is 2.46. The third kappa shape index (κ3) is 4.19. The van der Waals surface area contributed by atoms with Crippen molar-refractivity contribution in [1.29, 1.82) is 0 Å². The molecule has 5 aromatic heterocycles. The van der Waals surface area contributed by atoms with Gasteiger partial charge in [-0.2, -0.15) is 0 Å². The summed E-state index contributed by atoms with van der Waals surface area (Å²) in [4.78, 5) is 0. The number of hydrogen-bond acceptors (Lipinski definition) is 5. The maximum atomic E-state index is 6.52. The zero-order valence-corrected chi connectivity index (χ0v) is 28.4. The molecule has 0 unspecified atom stereocenters. The first-order chi connectivity index (χ1) is 24.3. The quantitative estimate of drug-likeness (QED) is 0.189. The van der Waals surface area contributed by atoms with Gasteiger partial charge in [-0.05, 0) is 111 Å². The van der Waals surface area contributed by atoms with Crippen LogP contribution in [0.5, 0.6) is 0 Å². The lowest BCUT2D eigenvalue weighted by Crippen LogP contribution is -1.88. The fourth-order valence-corrected chi connectivity index (χ4v) is 7.91. The van der Waals surface area contributed by atoms with Crippen molar-refractivity contribution in [1.82, 2.24) is 0 Å². The van der Waals surface area contributed by atoms with E-state index in [4.69, 9.17) is 22.1 Å². The summed E-state index contributed by atoms with van der Waals surface area (Å²) in [6.07, 6.45) is 0. The summed E-state index contributed by atoms with van der Waals surface area (Å²) in [7, 11) is 0. The summed E-state index contributed by atoms with van der Waals surface area (Å²) in [5, 5.41) is 5.28. The molecule has 0 bridgehead atoms. The van der Waals surface area contributed by atoms with Crippen LogP contribution in [0.25, 0.3) is 99.4 Å². The van der Waals surface area contributed by atoms with Crippen LogP contribution < -0.4 is 0 Å². The van der Waals surface area contributed by atoms with Crippen LogP contribution in [0.2, 0.25) is 0 Å². The van der Waals surface area contributed by atoms with Gasteiger partial charge in [-0.25, -0.2) is 0 Å². The van der Waals surface area contributed by atoms with E-state index < -0.39 is 0 Å². The summed E-state index contributed by atoms with van der Waals surface area (Å²) < 4.78 is 31.5. The number of para-hydroxylation sites is 1. The molecule has 10 rings (SSSR count). The number of hydrogen-bond donors (Lipinski definition) is 0. The van der Waals surface area contributed by atoms with Crippen LogP contribution in [0.3, 0.4) is 0 Å². The van der Waals surface area contributed by atoms with Crippen LogP contribution in [0.4, 0.5) is 0 Å². The van der Waals surface area contributed by atoms with E-state index in [1.807, 2.05) is 46.8 Å². The van der Waals surface area contributed by atoms with Gasteiger partial charge < -0.3 is 22.1 Å². The molecule has 5 nitrogen and oxygen atoms in total. The van der Waals surface area contributed by atoms with Gasteiger partial charge in [0.1, 0.15) is 56.7 Å². The van der Waals surface area contributed by atoms with E-state index in [1.165, 1.54) is 0 Å². The van der Waals surface area contributed by atoms with Crippen molar-refractivity contribution in [2.24, 2.45) is 0 Å². The highest BCUT2D eigenvalue weighted by atomic mass is 16.3. The summed E-state index contributed by atoms with van der Waals surface area (Å²) >= 11 is 0. The van der Waals surface area contributed by atoms with E-state index in [0.717, 1.165) is 128 Å². The zero-order valence-electron chi connectivity index (χ0n) is 28.4. The Labute approximate surface area is 287 Å². The Kier molecular flexibility index (Phi) is 5.99. The first-order valence-electron chi connectivity index (χ1n) is 16.9. The zero-order chi connectivity index (χ0) is 33.8. The third-order valence-corrected chi connectivity index (χ3v) is 9.93. The van der Waals surface area contributed by atoms with Crippen molar-refractivity contribution in [3.05, 3.63) is 132 Å². The van der Waals surface area contributed by atoms with E-state index in [-0.39, 0.29) is 0 Å². The average Bonchev–Trinajstić information content (AvgIpc) is 3.91. The molecule has 0 amide bonds. The van der Waals surface area contributed by atoms with E-state index in [2.05, 4.69) is 91.0 Å². The van der Waals surface area contributed by atoms with Gasteiger partial charge >= 0.3 is 0 Å². The summed E-state index contributed by atoms with van der Waals surface area (Å²) in [6.45, 7) is 9.97. The second-order valence-electron chi connectivity index (χ2n) is 13.4. The van der Waals surface area contributed by atoms with Crippen molar-refractivity contribution in [3.8, 4) is 44.5 Å². The second kappa shape index (κ2) is 10.4. The Morgan fingerprint density at radius 3 is 1.20 bits per heavy atom. The van der Waals surface area contributed by atoms with Gasteiger partial charge in [0.05, 0.1) is 0 Å². The van der Waals surface area contributed by atoms with Gasteiger partial charge in [-0.15, -0.1) is 0 Å². The minimum atomic E-state index is 0.830. The maximum Gasteiger partial charge on any atom is 0.142 e. The SMILES string of the molecule is Cc1cc2c(-c3ccc(-c4ccc(-c5ccc(-c6cccc7cc(C)oc67)c6cc(C)oc56)c5cc(C)oc45)c4cc(C)oc34)cccc2o1. The van der Waals surface area contributed by atoms with Gasteiger partial charge in [-0.3, -0.25) is 0 Å². The first kappa shape index (κ1) is 28.8. The standard InChI is InChI=1S/C45H32O5/c1-23-18-28-8-6-10-33(42(28)47-23)30-12-16-35(44-38(30)20-25(3)49-44)32-14-17-36(45-40(32)22-27(5)50-45)31-13-15-34(43-39(31)21-26(4)48-43)29-9-7-11-41-37(29)19-24(2)46-41/h6-22H,1-5H3. The molecule has 0 fully saturated rings. The van der Waals surface area contributed by atoms with Crippen molar-refractivity contribution < 1.29 is 22.1 Å². The maximum absolute atomic E-state index is 6.52. The van der Waals surface area contributed by atoms with E-state index in [9.17, 15) is 0 Å². The van der Waals surface area contributed by atoms with Crippen molar-refractivity contribution in [3.63, 3.8) is 0 Å². The molecule has 0 aliphatic heterocycles. The molecule has 5 heterocycles. The second-order valence-corrected chi connectivity index (χ2v) is 13.4. The lowest BCUT2D eigenvalue weighted by Gasteiger charge is -2.12. The van der Waals surface area contributed by atoms with E-state index >= 15 is 0 Å². The fraction of sp³-hybridized carbons (Fsp3) is 0.111. The van der Waals surface area contributed by atoms with Crippen LogP contribution in [-0.2, 0) is 0 Å². The molecule has 0 radical (unpaired) electrons. The molecule has 0 spiro atoms. The van der Waals surface area contributed by atoms with Crippen molar-refractivity contribution in [2.45, 2.75) is 34.6 Å². The number of fused-ring (bicyclic) bond motifs is 5. The number of furan rings is 5. The molecule has 0 atom stereocenters. The molecule has 50 heavy (non-hydrogen) atoms. The topological polar surface area (TPSA) is 65.7 Å². The number of benzene rings is 5. The van der Waals surface area contributed by atoms with Crippen LogP contribution in [0.15, 0.2) is 125 Å².